The maximum Gasteiger partial charge on any atom is 0.319 e. The Morgan fingerprint density at radius 3 is 2.60 bits per heavy atom. The van der Waals surface area contributed by atoms with Crippen LogP contribution in [-0.2, 0) is 17.6 Å². The zero-order valence-corrected chi connectivity index (χ0v) is 20.4. The molecule has 0 spiro atoms. The van der Waals surface area contributed by atoms with Crippen molar-refractivity contribution in [2.75, 3.05) is 18.0 Å². The zero-order valence-electron chi connectivity index (χ0n) is 18.7. The molecule has 30 heavy (non-hydrogen) atoms. The van der Waals surface area contributed by atoms with Gasteiger partial charge in [-0.2, -0.15) is 5.10 Å². The van der Waals surface area contributed by atoms with Crippen molar-refractivity contribution < 1.29 is 9.90 Å². The number of carboxylic acid groups (broad SMARTS) is 1. The number of hydrogen-bond donors (Lipinski definition) is 2. The number of hydrogen-bond acceptors (Lipinski definition) is 6. The first kappa shape index (κ1) is 24.7. The molecular weight excluding hydrogens is 416 g/mol. The monoisotopic (exact) mass is 452 g/mol. The Hall–Kier alpha value is -1.54. The van der Waals surface area contributed by atoms with Gasteiger partial charge in [0.05, 0.1) is 11.4 Å². The van der Waals surface area contributed by atoms with Gasteiger partial charge in [-0.25, -0.2) is 4.98 Å². The minimum absolute atomic E-state index is 0.815. The van der Waals surface area contributed by atoms with Gasteiger partial charge in [0.1, 0.15) is 10.6 Å². The molecule has 168 valence electrons. The maximum atomic E-state index is 11.4. The van der Waals surface area contributed by atoms with E-state index in [1.165, 1.54) is 55.2 Å². The fourth-order valence-corrected chi connectivity index (χ4v) is 5.34. The minimum atomic E-state index is -0.870. The molecule has 0 aliphatic heterocycles. The van der Waals surface area contributed by atoms with Crippen LogP contribution in [0.1, 0.15) is 77.6 Å². The minimum Gasteiger partial charge on any atom is -0.480 e. The van der Waals surface area contributed by atoms with E-state index in [4.69, 9.17) is 0 Å². The van der Waals surface area contributed by atoms with Crippen molar-refractivity contribution in [1.29, 1.82) is 0 Å². The summed E-state index contributed by atoms with van der Waals surface area (Å²) in [5, 5.41) is 19.1. The molecule has 0 saturated heterocycles. The summed E-state index contributed by atoms with van der Waals surface area (Å²) in [4.78, 5) is 18.4. The summed E-state index contributed by atoms with van der Waals surface area (Å²) in [7, 11) is 0. The number of thioether (sulfide) groups is 1. The molecule has 0 saturated carbocycles. The quantitative estimate of drug-likeness (QED) is 0.263. The molecule has 0 bridgehead atoms. The van der Waals surface area contributed by atoms with Crippen LogP contribution in [0.5, 0.6) is 0 Å². The van der Waals surface area contributed by atoms with Crippen molar-refractivity contribution in [3.8, 4) is 0 Å². The molecule has 0 unspecified atom stereocenters. The Labute approximate surface area is 188 Å². The first-order valence-corrected chi connectivity index (χ1v) is 12.7. The number of aryl methyl sites for hydroxylation is 1. The summed E-state index contributed by atoms with van der Waals surface area (Å²) in [6.07, 6.45) is 9.20. The summed E-state index contributed by atoms with van der Waals surface area (Å²) >= 11 is 2.84. The van der Waals surface area contributed by atoms with Gasteiger partial charge in [-0.15, -0.1) is 11.3 Å². The van der Waals surface area contributed by atoms with E-state index in [1.807, 2.05) is 0 Å². The van der Waals surface area contributed by atoms with E-state index < -0.39 is 10.7 Å². The second-order valence-corrected chi connectivity index (χ2v) is 10.9. The molecule has 0 fully saturated rings. The van der Waals surface area contributed by atoms with E-state index in [1.54, 1.807) is 13.8 Å². The molecule has 0 aliphatic carbocycles. The molecule has 8 heteroatoms. The van der Waals surface area contributed by atoms with Crippen LogP contribution in [0.4, 0.5) is 5.82 Å². The maximum absolute atomic E-state index is 11.4. The van der Waals surface area contributed by atoms with Gasteiger partial charge in [-0.1, -0.05) is 57.7 Å². The van der Waals surface area contributed by atoms with Gasteiger partial charge < -0.3 is 10.0 Å². The fourth-order valence-electron chi connectivity index (χ4n) is 3.12. The fraction of sp³-hybridized carbons (Fsp3) is 0.682. The number of rotatable bonds is 15. The molecule has 2 aromatic rings. The smallest absolute Gasteiger partial charge is 0.319 e. The third-order valence-corrected chi connectivity index (χ3v) is 7.19. The number of H-pyrrole nitrogens is 1. The summed E-state index contributed by atoms with van der Waals surface area (Å²) < 4.78 is -0.0547. The van der Waals surface area contributed by atoms with Crippen molar-refractivity contribution in [1.82, 2.24) is 15.2 Å². The third kappa shape index (κ3) is 7.95. The lowest BCUT2D eigenvalue weighted by atomic mass is 10.1. The molecule has 0 aliphatic rings. The molecule has 0 atom stereocenters. The predicted octanol–water partition coefficient (Wildman–Crippen LogP) is 5.79. The first-order valence-electron chi connectivity index (χ1n) is 11.0. The molecule has 0 radical (unpaired) electrons. The molecule has 0 aromatic carbocycles. The second-order valence-electron chi connectivity index (χ2n) is 8.17. The van der Waals surface area contributed by atoms with Crippen molar-refractivity contribution >= 4 is 34.9 Å². The zero-order chi connectivity index (χ0) is 22.0. The van der Waals surface area contributed by atoms with Crippen molar-refractivity contribution in [2.45, 2.75) is 88.1 Å². The standard InChI is InChI=1S/C22H36N4O2S2/c1-5-7-8-9-10-13-26(19-15-17(11-6-2)24-25-19)14-12-18-16-29-21(23-18)30-22(3,4)20(27)28/h15-16H,5-14H2,1-4H3,(H,24,25)(H,27,28). The number of aliphatic carboxylic acids is 1. The second kappa shape index (κ2) is 12.3. The highest BCUT2D eigenvalue weighted by Gasteiger charge is 2.29. The number of aromatic nitrogens is 3. The van der Waals surface area contributed by atoms with Gasteiger partial charge in [0.2, 0.25) is 0 Å². The number of anilines is 1. The Morgan fingerprint density at radius 2 is 1.90 bits per heavy atom. The molecule has 6 nitrogen and oxygen atoms in total. The molecule has 2 heterocycles. The Morgan fingerprint density at radius 1 is 1.13 bits per heavy atom. The molecular formula is C22H36N4O2S2. The Bertz CT molecular complexity index is 773. The third-order valence-electron chi connectivity index (χ3n) is 5.02. The van der Waals surface area contributed by atoms with Gasteiger partial charge in [-0.05, 0) is 26.7 Å². The molecule has 2 N–H and O–H groups in total. The van der Waals surface area contributed by atoms with Crippen molar-refractivity contribution in [3.05, 3.63) is 22.8 Å². The lowest BCUT2D eigenvalue weighted by molar-refractivity contribution is -0.138. The number of nitrogens with one attached hydrogen (secondary N) is 1. The number of nitrogens with zero attached hydrogens (tertiary/aromatic N) is 3. The lowest BCUT2D eigenvalue weighted by Crippen LogP contribution is -2.27. The summed E-state index contributed by atoms with van der Waals surface area (Å²) in [5.41, 5.74) is 2.14. The highest BCUT2D eigenvalue weighted by molar-refractivity contribution is 8.02. The first-order chi connectivity index (χ1) is 14.4. The summed E-state index contributed by atoms with van der Waals surface area (Å²) in [6, 6.07) is 2.17. The van der Waals surface area contributed by atoms with Crippen LogP contribution in [0.15, 0.2) is 15.8 Å². The van der Waals surface area contributed by atoms with Crippen LogP contribution in [0.3, 0.4) is 0 Å². The predicted molar refractivity (Wildman–Crippen MR) is 127 cm³/mol. The van der Waals surface area contributed by atoms with Crippen LogP contribution in [0.2, 0.25) is 0 Å². The van der Waals surface area contributed by atoms with Gasteiger partial charge >= 0.3 is 5.97 Å². The van der Waals surface area contributed by atoms with E-state index in [-0.39, 0.29) is 0 Å². The van der Waals surface area contributed by atoms with Gasteiger partial charge in [0.15, 0.2) is 4.34 Å². The van der Waals surface area contributed by atoms with E-state index in [2.05, 4.69) is 45.4 Å². The Balaban J connectivity index is 1.96. The van der Waals surface area contributed by atoms with E-state index >= 15 is 0 Å². The number of thiazole rings is 1. The van der Waals surface area contributed by atoms with Crippen molar-refractivity contribution in [2.24, 2.45) is 0 Å². The highest BCUT2D eigenvalue weighted by Crippen LogP contribution is 2.34. The lowest BCUT2D eigenvalue weighted by Gasteiger charge is -2.22. The van der Waals surface area contributed by atoms with Crippen LogP contribution in [0, 0.1) is 0 Å². The molecule has 2 rings (SSSR count). The highest BCUT2D eigenvalue weighted by atomic mass is 32.2. The van der Waals surface area contributed by atoms with E-state index in [0.29, 0.717) is 0 Å². The van der Waals surface area contributed by atoms with Crippen LogP contribution in [-0.4, -0.2) is 44.1 Å². The van der Waals surface area contributed by atoms with Gasteiger partial charge in [0, 0.05) is 31.0 Å². The topological polar surface area (TPSA) is 82.1 Å². The molecule has 0 amide bonds. The normalized spacial score (nSPS) is 11.7. The van der Waals surface area contributed by atoms with Gasteiger partial charge in [0.25, 0.3) is 0 Å². The summed E-state index contributed by atoms with van der Waals surface area (Å²) in [5.74, 6) is 0.270. The average Bonchev–Trinajstić information content (AvgIpc) is 3.33. The van der Waals surface area contributed by atoms with Gasteiger partial charge in [-0.3, -0.25) is 9.89 Å². The molecule has 2 aromatic heterocycles. The SMILES string of the molecule is CCCCCCCN(CCc1csc(SC(C)(C)C(=O)O)n1)c1cc(CCC)n[nH]1. The number of unbranched alkanes of at least 4 members (excludes halogenated alkanes) is 4. The van der Waals surface area contributed by atoms with E-state index in [9.17, 15) is 9.90 Å². The average molecular weight is 453 g/mol. The largest absolute Gasteiger partial charge is 0.480 e. The van der Waals surface area contributed by atoms with Crippen LogP contribution < -0.4 is 4.90 Å². The van der Waals surface area contributed by atoms with Crippen molar-refractivity contribution in [3.63, 3.8) is 0 Å². The number of aromatic amines is 1. The van der Waals surface area contributed by atoms with E-state index in [0.717, 1.165) is 53.9 Å². The number of carbonyl (C=O) groups is 1. The summed E-state index contributed by atoms with van der Waals surface area (Å²) in [6.45, 7) is 9.72. The number of carboxylic acids is 1. The Kier molecular flexibility index (Phi) is 10.2. The van der Waals surface area contributed by atoms with Crippen LogP contribution in [0.25, 0.3) is 0 Å². The van der Waals surface area contributed by atoms with Crippen LogP contribution >= 0.6 is 23.1 Å².